The molecule has 1 heterocycles. The number of alkyl halides is 6. The topological polar surface area (TPSA) is 50.4 Å². The van der Waals surface area contributed by atoms with Crippen molar-refractivity contribution in [3.8, 4) is 0 Å². The predicted octanol–water partition coefficient (Wildman–Crippen LogP) is 3.98. The molecule has 0 aliphatic carbocycles. The van der Waals surface area contributed by atoms with Gasteiger partial charge in [-0.05, 0) is 31.0 Å². The molecule has 0 radical (unpaired) electrons. The lowest BCUT2D eigenvalue weighted by Gasteiger charge is -2.16. The number of carbonyl (C=O) groups excluding carboxylic acids is 1. The maximum Gasteiger partial charge on any atom is 0.416 e. The predicted molar refractivity (Wildman–Crippen MR) is 67.6 cm³/mol. The molecule has 23 heavy (non-hydrogen) atoms. The summed E-state index contributed by atoms with van der Waals surface area (Å²) in [6.07, 6.45) is -9.33. The van der Waals surface area contributed by atoms with Crippen molar-refractivity contribution in [2.24, 2.45) is 0 Å². The summed E-state index contributed by atoms with van der Waals surface area (Å²) in [7, 11) is 0. The van der Waals surface area contributed by atoms with Crippen LogP contribution in [-0.2, 0) is 17.1 Å². The molecule has 1 atom stereocenters. The molecule has 1 saturated heterocycles. The van der Waals surface area contributed by atoms with Gasteiger partial charge in [0.05, 0.1) is 11.1 Å². The number of carbonyl (C=O) groups is 1. The zero-order chi connectivity index (χ0) is 17.3. The summed E-state index contributed by atoms with van der Waals surface area (Å²) in [5.74, 6) is 0. The minimum absolute atomic E-state index is 0.0107. The molecule has 128 valence electrons. The van der Waals surface area contributed by atoms with E-state index in [4.69, 9.17) is 4.74 Å². The van der Waals surface area contributed by atoms with Gasteiger partial charge in [0, 0.05) is 12.3 Å². The van der Waals surface area contributed by atoms with Crippen molar-refractivity contribution in [2.75, 3.05) is 11.9 Å². The minimum Gasteiger partial charge on any atom is -0.358 e. The SMILES string of the molecule is O=C(Nc1cc(C(F)(F)F)cc(C(F)(F)F)c1)NC1CCCO1. The van der Waals surface area contributed by atoms with Gasteiger partial charge in [-0.1, -0.05) is 0 Å². The molecule has 2 N–H and O–H groups in total. The summed E-state index contributed by atoms with van der Waals surface area (Å²) >= 11 is 0. The quantitative estimate of drug-likeness (QED) is 0.799. The van der Waals surface area contributed by atoms with Crippen molar-refractivity contribution in [3.05, 3.63) is 29.3 Å². The lowest BCUT2D eigenvalue weighted by molar-refractivity contribution is -0.143. The Hall–Kier alpha value is -1.97. The Balaban J connectivity index is 2.21. The third kappa shape index (κ3) is 4.75. The molecule has 1 aromatic rings. The van der Waals surface area contributed by atoms with E-state index in [1.807, 2.05) is 5.32 Å². The number of rotatable bonds is 2. The lowest BCUT2D eigenvalue weighted by Crippen LogP contribution is -2.37. The standard InChI is InChI=1S/C13H12F6N2O2/c14-12(15,16)7-4-8(13(17,18)19)6-9(5-7)20-11(22)21-10-2-1-3-23-10/h4-6,10H,1-3H2,(H2,20,21,22). The first-order valence-electron chi connectivity index (χ1n) is 6.54. The number of benzene rings is 1. The second-order valence-electron chi connectivity index (χ2n) is 4.89. The van der Waals surface area contributed by atoms with Gasteiger partial charge in [0.25, 0.3) is 0 Å². The molecule has 1 unspecified atom stereocenters. The fraction of sp³-hybridized carbons (Fsp3) is 0.462. The average Bonchev–Trinajstić information content (AvgIpc) is 2.88. The van der Waals surface area contributed by atoms with Crippen LogP contribution in [0.1, 0.15) is 24.0 Å². The van der Waals surface area contributed by atoms with Crippen LogP contribution in [0.2, 0.25) is 0 Å². The first kappa shape index (κ1) is 17.4. The monoisotopic (exact) mass is 342 g/mol. The van der Waals surface area contributed by atoms with Crippen molar-refractivity contribution in [1.29, 1.82) is 0 Å². The van der Waals surface area contributed by atoms with E-state index < -0.39 is 41.4 Å². The minimum atomic E-state index is -4.97. The number of urea groups is 1. The average molecular weight is 342 g/mol. The molecule has 2 rings (SSSR count). The van der Waals surface area contributed by atoms with Crippen LogP contribution in [0.4, 0.5) is 36.8 Å². The summed E-state index contributed by atoms with van der Waals surface area (Å²) in [6.45, 7) is 0.423. The van der Waals surface area contributed by atoms with Crippen LogP contribution in [0.3, 0.4) is 0 Å². The third-order valence-electron chi connectivity index (χ3n) is 3.07. The van der Waals surface area contributed by atoms with Crippen LogP contribution in [0.5, 0.6) is 0 Å². The molecule has 1 aliphatic rings. The lowest BCUT2D eigenvalue weighted by atomic mass is 10.1. The van der Waals surface area contributed by atoms with Crippen molar-refractivity contribution >= 4 is 11.7 Å². The van der Waals surface area contributed by atoms with Crippen LogP contribution in [0.15, 0.2) is 18.2 Å². The van der Waals surface area contributed by atoms with Crippen LogP contribution >= 0.6 is 0 Å². The molecule has 0 bridgehead atoms. The van der Waals surface area contributed by atoms with Gasteiger partial charge in [-0.2, -0.15) is 26.3 Å². The Kier molecular flexibility index (Phi) is 4.73. The highest BCUT2D eigenvalue weighted by Gasteiger charge is 2.37. The second kappa shape index (κ2) is 6.26. The van der Waals surface area contributed by atoms with E-state index in [0.29, 0.717) is 31.6 Å². The number of halogens is 6. The van der Waals surface area contributed by atoms with Crippen molar-refractivity contribution < 1.29 is 35.9 Å². The first-order valence-corrected chi connectivity index (χ1v) is 6.54. The van der Waals surface area contributed by atoms with E-state index in [-0.39, 0.29) is 6.07 Å². The molecule has 10 heteroatoms. The van der Waals surface area contributed by atoms with Gasteiger partial charge in [0.15, 0.2) is 0 Å². The molecule has 1 aromatic carbocycles. The Morgan fingerprint density at radius 2 is 1.61 bits per heavy atom. The van der Waals surface area contributed by atoms with Gasteiger partial charge < -0.3 is 15.4 Å². The van der Waals surface area contributed by atoms with Gasteiger partial charge >= 0.3 is 18.4 Å². The van der Waals surface area contributed by atoms with Gasteiger partial charge in [-0.3, -0.25) is 0 Å². The molecule has 0 spiro atoms. The van der Waals surface area contributed by atoms with Crippen molar-refractivity contribution in [3.63, 3.8) is 0 Å². The van der Waals surface area contributed by atoms with Gasteiger partial charge in [-0.25, -0.2) is 4.79 Å². The molecule has 0 aromatic heterocycles. The highest BCUT2D eigenvalue weighted by atomic mass is 19.4. The highest BCUT2D eigenvalue weighted by molar-refractivity contribution is 5.89. The van der Waals surface area contributed by atoms with Gasteiger partial charge in [0.1, 0.15) is 6.23 Å². The van der Waals surface area contributed by atoms with E-state index >= 15 is 0 Å². The summed E-state index contributed by atoms with van der Waals surface area (Å²) in [5.41, 5.74) is -3.61. The molecule has 0 saturated carbocycles. The molecule has 4 nitrogen and oxygen atoms in total. The zero-order valence-electron chi connectivity index (χ0n) is 11.5. The number of amides is 2. The Morgan fingerprint density at radius 3 is 2.04 bits per heavy atom. The smallest absolute Gasteiger partial charge is 0.358 e. The van der Waals surface area contributed by atoms with Gasteiger partial charge in [0.2, 0.25) is 0 Å². The second-order valence-corrected chi connectivity index (χ2v) is 4.89. The summed E-state index contributed by atoms with van der Waals surface area (Å²) in [6, 6.07) is -0.0815. The normalized spacial score (nSPS) is 18.8. The van der Waals surface area contributed by atoms with E-state index in [2.05, 4.69) is 5.32 Å². The largest absolute Gasteiger partial charge is 0.416 e. The molecular formula is C13H12F6N2O2. The number of nitrogens with one attached hydrogen (secondary N) is 2. The zero-order valence-corrected chi connectivity index (χ0v) is 11.5. The Bertz CT molecular complexity index is 547. The summed E-state index contributed by atoms with van der Waals surface area (Å²) < 4.78 is 81.2. The molecule has 1 fully saturated rings. The molecular weight excluding hydrogens is 330 g/mol. The van der Waals surface area contributed by atoms with E-state index in [0.717, 1.165) is 0 Å². The molecule has 1 aliphatic heterocycles. The third-order valence-corrected chi connectivity index (χ3v) is 3.07. The Morgan fingerprint density at radius 1 is 1.04 bits per heavy atom. The van der Waals surface area contributed by atoms with Crippen LogP contribution < -0.4 is 10.6 Å². The van der Waals surface area contributed by atoms with Crippen molar-refractivity contribution in [2.45, 2.75) is 31.4 Å². The van der Waals surface area contributed by atoms with E-state index in [1.54, 1.807) is 0 Å². The Labute approximate surface area is 126 Å². The maximum atomic E-state index is 12.7. The van der Waals surface area contributed by atoms with Crippen molar-refractivity contribution in [1.82, 2.24) is 5.32 Å². The summed E-state index contributed by atoms with van der Waals surface area (Å²) in [4.78, 5) is 11.6. The van der Waals surface area contributed by atoms with Crippen LogP contribution in [0.25, 0.3) is 0 Å². The maximum absolute atomic E-state index is 12.7. The van der Waals surface area contributed by atoms with Crippen LogP contribution in [0, 0.1) is 0 Å². The van der Waals surface area contributed by atoms with E-state index in [9.17, 15) is 31.1 Å². The molecule has 2 amide bonds. The number of anilines is 1. The number of hydrogen-bond acceptors (Lipinski definition) is 2. The number of ether oxygens (including phenoxy) is 1. The van der Waals surface area contributed by atoms with E-state index in [1.165, 1.54) is 0 Å². The summed E-state index contributed by atoms with van der Waals surface area (Å²) in [5, 5.41) is 4.27. The fourth-order valence-corrected chi connectivity index (χ4v) is 2.03. The number of hydrogen-bond donors (Lipinski definition) is 2. The highest BCUT2D eigenvalue weighted by Crippen LogP contribution is 2.37. The van der Waals surface area contributed by atoms with Crippen LogP contribution in [-0.4, -0.2) is 18.9 Å². The first-order chi connectivity index (χ1) is 10.6. The van der Waals surface area contributed by atoms with Gasteiger partial charge in [-0.15, -0.1) is 0 Å². The fourth-order valence-electron chi connectivity index (χ4n) is 2.03.